The zero-order valence-corrected chi connectivity index (χ0v) is 15.5. The maximum absolute atomic E-state index is 12.2. The Bertz CT molecular complexity index is 840. The number of fused-ring (bicyclic) bond motifs is 1. The van der Waals surface area contributed by atoms with Crippen molar-refractivity contribution in [3.63, 3.8) is 0 Å². The van der Waals surface area contributed by atoms with Gasteiger partial charge in [0.2, 0.25) is 5.91 Å². The minimum Gasteiger partial charge on any atom is -0.480 e. The number of carboxylic acids is 1. The van der Waals surface area contributed by atoms with E-state index in [4.69, 9.17) is 5.11 Å². The number of H-pyrrole nitrogens is 1. The lowest BCUT2D eigenvalue weighted by molar-refractivity contribution is -0.142. The zero-order valence-electron chi connectivity index (χ0n) is 14.6. The molecular formula is C17H23N3O4S. The summed E-state index contributed by atoms with van der Waals surface area (Å²) in [6.07, 6.45) is 2.34. The fourth-order valence-electron chi connectivity index (χ4n) is 2.58. The minimum atomic E-state index is -1.03. The van der Waals surface area contributed by atoms with Crippen LogP contribution in [0.25, 0.3) is 10.2 Å². The Morgan fingerprint density at radius 2 is 2.08 bits per heavy atom. The average Bonchev–Trinajstić information content (AvgIpc) is 2.84. The number of aromatic nitrogens is 2. The standard InChI is InChI=1S/C17H23N3O4S/c1-4-5-6-11(17(23)24)18-13(21)8-7-12-19-15(22)14-9(2)10(3)25-16(14)20-12/h11H,4-8H2,1-3H3,(H,18,21)(H,23,24)(H,19,20,22). The van der Waals surface area contributed by atoms with Crippen LogP contribution in [0.4, 0.5) is 0 Å². The van der Waals surface area contributed by atoms with E-state index in [-0.39, 0.29) is 24.3 Å². The molecule has 7 nitrogen and oxygen atoms in total. The van der Waals surface area contributed by atoms with Gasteiger partial charge in [0.25, 0.3) is 5.56 Å². The van der Waals surface area contributed by atoms with Crippen LogP contribution in [0.2, 0.25) is 0 Å². The van der Waals surface area contributed by atoms with Gasteiger partial charge < -0.3 is 15.4 Å². The van der Waals surface area contributed by atoms with E-state index in [1.165, 1.54) is 11.3 Å². The first-order valence-corrected chi connectivity index (χ1v) is 9.16. The van der Waals surface area contributed by atoms with E-state index in [2.05, 4.69) is 15.3 Å². The van der Waals surface area contributed by atoms with Crippen molar-refractivity contribution in [2.45, 2.75) is 58.9 Å². The lowest BCUT2D eigenvalue weighted by Gasteiger charge is -2.13. The van der Waals surface area contributed by atoms with Crippen molar-refractivity contribution in [1.82, 2.24) is 15.3 Å². The van der Waals surface area contributed by atoms with Crippen LogP contribution < -0.4 is 10.9 Å². The molecule has 8 heteroatoms. The summed E-state index contributed by atoms with van der Waals surface area (Å²) in [4.78, 5) is 44.2. The van der Waals surface area contributed by atoms with Gasteiger partial charge in [0.1, 0.15) is 16.7 Å². The van der Waals surface area contributed by atoms with E-state index < -0.39 is 12.0 Å². The molecule has 0 radical (unpaired) electrons. The molecule has 0 aromatic carbocycles. The Morgan fingerprint density at radius 1 is 1.36 bits per heavy atom. The van der Waals surface area contributed by atoms with Gasteiger partial charge in [0.15, 0.2) is 0 Å². The van der Waals surface area contributed by atoms with Crippen molar-refractivity contribution in [2.75, 3.05) is 0 Å². The largest absolute Gasteiger partial charge is 0.480 e. The van der Waals surface area contributed by atoms with Gasteiger partial charge in [-0.1, -0.05) is 19.8 Å². The third kappa shape index (κ3) is 4.66. The molecule has 3 N–H and O–H groups in total. The van der Waals surface area contributed by atoms with Crippen LogP contribution in [0.3, 0.4) is 0 Å². The summed E-state index contributed by atoms with van der Waals surface area (Å²) in [5.74, 6) is -0.946. The van der Waals surface area contributed by atoms with Crippen molar-refractivity contribution in [1.29, 1.82) is 0 Å². The van der Waals surface area contributed by atoms with Crippen molar-refractivity contribution in [2.24, 2.45) is 0 Å². The SMILES string of the molecule is CCCCC(NC(=O)CCc1nc2sc(C)c(C)c2c(=O)[nH]1)C(=O)O. The second kappa shape index (κ2) is 8.24. The number of hydrogen-bond acceptors (Lipinski definition) is 5. The topological polar surface area (TPSA) is 112 Å². The van der Waals surface area contributed by atoms with E-state index in [0.717, 1.165) is 23.3 Å². The Hall–Kier alpha value is -2.22. The Balaban J connectivity index is 2.03. The minimum absolute atomic E-state index is 0.0771. The number of aromatic amines is 1. The number of hydrogen-bond donors (Lipinski definition) is 3. The van der Waals surface area contributed by atoms with Crippen LogP contribution >= 0.6 is 11.3 Å². The summed E-state index contributed by atoms with van der Waals surface area (Å²) in [5, 5.41) is 12.3. The molecule has 0 aliphatic carbocycles. The van der Waals surface area contributed by atoms with Gasteiger partial charge in [0.05, 0.1) is 5.39 Å². The van der Waals surface area contributed by atoms with Crippen LogP contribution in [-0.4, -0.2) is 33.0 Å². The van der Waals surface area contributed by atoms with Crippen molar-refractivity contribution >= 4 is 33.4 Å². The number of carbonyl (C=O) groups is 2. The van der Waals surface area contributed by atoms with Gasteiger partial charge >= 0.3 is 5.97 Å². The zero-order chi connectivity index (χ0) is 18.6. The highest BCUT2D eigenvalue weighted by Crippen LogP contribution is 2.25. The summed E-state index contributed by atoms with van der Waals surface area (Å²) in [6, 6.07) is -0.871. The molecule has 1 amide bonds. The van der Waals surface area contributed by atoms with E-state index in [1.54, 1.807) is 0 Å². The van der Waals surface area contributed by atoms with E-state index >= 15 is 0 Å². The Morgan fingerprint density at radius 3 is 2.72 bits per heavy atom. The van der Waals surface area contributed by atoms with Crippen molar-refractivity contribution in [3.05, 3.63) is 26.6 Å². The molecule has 2 heterocycles. The summed E-state index contributed by atoms with van der Waals surface area (Å²) in [7, 11) is 0. The highest BCUT2D eigenvalue weighted by molar-refractivity contribution is 7.18. The number of thiophene rings is 1. The van der Waals surface area contributed by atoms with Crippen LogP contribution in [0, 0.1) is 13.8 Å². The third-order valence-corrected chi connectivity index (χ3v) is 5.26. The quantitative estimate of drug-likeness (QED) is 0.664. The number of carboxylic acid groups (broad SMARTS) is 1. The molecule has 1 unspecified atom stereocenters. The molecule has 1 atom stereocenters. The maximum atomic E-state index is 12.2. The van der Waals surface area contributed by atoms with Gasteiger partial charge in [0, 0.05) is 17.7 Å². The second-order valence-corrected chi connectivity index (χ2v) is 7.28. The predicted molar refractivity (Wildman–Crippen MR) is 97.1 cm³/mol. The summed E-state index contributed by atoms with van der Waals surface area (Å²) in [5.41, 5.74) is 0.729. The number of aryl methyl sites for hydroxylation is 3. The molecule has 0 bridgehead atoms. The highest BCUT2D eigenvalue weighted by Gasteiger charge is 2.19. The number of rotatable bonds is 8. The van der Waals surface area contributed by atoms with Crippen molar-refractivity contribution < 1.29 is 14.7 Å². The molecule has 136 valence electrons. The molecular weight excluding hydrogens is 342 g/mol. The van der Waals surface area contributed by atoms with Gasteiger partial charge in [-0.2, -0.15) is 0 Å². The summed E-state index contributed by atoms with van der Waals surface area (Å²) >= 11 is 1.46. The van der Waals surface area contributed by atoms with Gasteiger partial charge in [-0.05, 0) is 25.8 Å². The van der Waals surface area contributed by atoms with E-state index in [1.807, 2.05) is 20.8 Å². The lowest BCUT2D eigenvalue weighted by atomic mass is 10.1. The Labute approximate surface area is 149 Å². The summed E-state index contributed by atoms with van der Waals surface area (Å²) in [6.45, 7) is 5.80. The number of nitrogens with one attached hydrogen (secondary N) is 2. The number of carbonyl (C=O) groups excluding carboxylic acids is 1. The van der Waals surface area contributed by atoms with Gasteiger partial charge in [-0.15, -0.1) is 11.3 Å². The van der Waals surface area contributed by atoms with Gasteiger partial charge in [-0.3, -0.25) is 9.59 Å². The molecule has 0 aliphatic heterocycles. The number of aliphatic carboxylic acids is 1. The molecule has 0 saturated carbocycles. The number of nitrogens with zero attached hydrogens (tertiary/aromatic N) is 1. The number of amides is 1. The molecule has 25 heavy (non-hydrogen) atoms. The molecule has 0 saturated heterocycles. The Kier molecular flexibility index (Phi) is 6.30. The molecule has 2 aromatic rings. The second-order valence-electron chi connectivity index (χ2n) is 6.08. The fourth-order valence-corrected chi connectivity index (χ4v) is 3.63. The first-order valence-electron chi connectivity index (χ1n) is 8.34. The van der Waals surface area contributed by atoms with Crippen LogP contribution in [0.1, 0.15) is 48.9 Å². The van der Waals surface area contributed by atoms with E-state index in [0.29, 0.717) is 22.5 Å². The molecule has 2 aromatic heterocycles. The molecule has 2 rings (SSSR count). The predicted octanol–water partition coefficient (Wildman–Crippen LogP) is 2.29. The maximum Gasteiger partial charge on any atom is 0.326 e. The van der Waals surface area contributed by atoms with Crippen molar-refractivity contribution in [3.8, 4) is 0 Å². The monoisotopic (exact) mass is 365 g/mol. The van der Waals surface area contributed by atoms with Crippen LogP contribution in [-0.2, 0) is 16.0 Å². The molecule has 0 fully saturated rings. The first kappa shape index (κ1) is 19.1. The van der Waals surface area contributed by atoms with Crippen LogP contribution in [0.5, 0.6) is 0 Å². The fraction of sp³-hybridized carbons (Fsp3) is 0.529. The summed E-state index contributed by atoms with van der Waals surface area (Å²) < 4.78 is 0. The number of unbranched alkanes of at least 4 members (excludes halogenated alkanes) is 1. The van der Waals surface area contributed by atoms with E-state index in [9.17, 15) is 14.4 Å². The normalized spacial score (nSPS) is 12.3. The molecule has 0 spiro atoms. The highest BCUT2D eigenvalue weighted by atomic mass is 32.1. The third-order valence-electron chi connectivity index (χ3n) is 4.16. The lowest BCUT2D eigenvalue weighted by Crippen LogP contribution is -2.40. The first-order chi connectivity index (χ1) is 11.8. The average molecular weight is 365 g/mol. The molecule has 0 aliphatic rings. The van der Waals surface area contributed by atoms with Crippen LogP contribution in [0.15, 0.2) is 4.79 Å². The smallest absolute Gasteiger partial charge is 0.326 e. The van der Waals surface area contributed by atoms with Gasteiger partial charge in [-0.25, -0.2) is 9.78 Å².